The molecule has 6 heterocycles. The molecule has 2 aromatic heterocycles. The van der Waals surface area contributed by atoms with E-state index in [1.807, 2.05) is 0 Å². The van der Waals surface area contributed by atoms with E-state index in [2.05, 4.69) is 451 Å². The van der Waals surface area contributed by atoms with Crippen molar-refractivity contribution in [3.63, 3.8) is 0 Å². The lowest BCUT2D eigenvalue weighted by atomic mass is 9.70. The molecule has 4 aliphatic heterocycles. The van der Waals surface area contributed by atoms with Crippen LogP contribution in [-0.4, -0.2) is 9.13 Å². The largest absolute Gasteiger partial charge is 0.456 e. The van der Waals surface area contributed by atoms with Crippen LogP contribution in [0.1, 0.15) is 124 Å². The van der Waals surface area contributed by atoms with Crippen LogP contribution in [0.15, 0.2) is 370 Å². The van der Waals surface area contributed by atoms with Gasteiger partial charge in [-0.3, -0.25) is 0 Å². The van der Waals surface area contributed by atoms with Crippen molar-refractivity contribution in [1.29, 1.82) is 0 Å². The lowest BCUT2D eigenvalue weighted by Gasteiger charge is -2.48. The summed E-state index contributed by atoms with van der Waals surface area (Å²) in [6, 6.07) is 139. The van der Waals surface area contributed by atoms with E-state index in [1.165, 1.54) is 38.2 Å². The molecule has 122 heavy (non-hydrogen) atoms. The van der Waals surface area contributed by atoms with Crippen molar-refractivity contribution in [1.82, 2.24) is 9.13 Å². The summed E-state index contributed by atoms with van der Waals surface area (Å²) in [7, 11) is 0. The Hall–Kier alpha value is -14.5. The molecule has 4 aliphatic rings. The van der Waals surface area contributed by atoms with Crippen LogP contribution in [0.25, 0.3) is 122 Å². The van der Waals surface area contributed by atoms with Crippen LogP contribution < -0.4 is 19.3 Å². The highest BCUT2D eigenvalue weighted by atomic mass is 16.5. The number of fused-ring (bicyclic) bond motifs is 15. The summed E-state index contributed by atoms with van der Waals surface area (Å²) >= 11 is 0. The lowest BCUT2D eigenvalue weighted by molar-refractivity contribution is 0.405. The summed E-state index contributed by atoms with van der Waals surface area (Å²) in [6.45, 7) is 21.1. The molecule has 586 valence electrons. The molecular formula is C116H90N4O2. The van der Waals surface area contributed by atoms with Gasteiger partial charge in [-0.25, -0.2) is 0 Å². The number of anilines is 6. The number of ether oxygens (including phenoxy) is 2. The first-order valence-electron chi connectivity index (χ1n) is 42.9. The summed E-state index contributed by atoms with van der Waals surface area (Å²) in [4.78, 5) is 5.37. The normalized spacial score (nSPS) is 14.4. The van der Waals surface area contributed by atoms with Crippen molar-refractivity contribution in [2.75, 3.05) is 9.80 Å². The van der Waals surface area contributed by atoms with Gasteiger partial charge in [0.1, 0.15) is 17.2 Å². The van der Waals surface area contributed by atoms with Crippen molar-refractivity contribution in [3.05, 3.63) is 420 Å². The molecule has 6 nitrogen and oxygen atoms in total. The minimum absolute atomic E-state index is 0.0948. The van der Waals surface area contributed by atoms with Crippen LogP contribution in [0.5, 0.6) is 23.0 Å². The van der Waals surface area contributed by atoms with E-state index in [4.69, 9.17) is 9.47 Å². The number of aromatic nitrogens is 2. The van der Waals surface area contributed by atoms with Gasteiger partial charge in [0, 0.05) is 89.6 Å². The van der Waals surface area contributed by atoms with Crippen LogP contribution in [0, 0.1) is 0 Å². The van der Waals surface area contributed by atoms with Gasteiger partial charge >= 0.3 is 0 Å². The Labute approximate surface area is 713 Å². The second-order valence-electron chi connectivity index (χ2n) is 36.6. The van der Waals surface area contributed by atoms with Gasteiger partial charge in [-0.05, 0) is 168 Å². The Morgan fingerprint density at radius 3 is 1.13 bits per heavy atom. The molecule has 17 aromatic carbocycles. The summed E-state index contributed by atoms with van der Waals surface area (Å²) in [5, 5.41) is 4.81. The van der Waals surface area contributed by atoms with Gasteiger partial charge in [-0.15, -0.1) is 0 Å². The van der Waals surface area contributed by atoms with E-state index in [-0.39, 0.29) is 10.8 Å². The maximum absolute atomic E-state index is 8.36. The van der Waals surface area contributed by atoms with Gasteiger partial charge in [0.25, 0.3) is 0 Å². The van der Waals surface area contributed by atoms with Crippen molar-refractivity contribution in [3.8, 4) is 101 Å². The average Bonchev–Trinajstić information content (AvgIpc) is 0.753. The molecule has 23 rings (SSSR count). The fourth-order valence-corrected chi connectivity index (χ4v) is 20.3. The molecule has 0 N–H and O–H groups in total. The Kier molecular flexibility index (Phi) is 16.4. The first-order valence-corrected chi connectivity index (χ1v) is 42.9. The van der Waals surface area contributed by atoms with Gasteiger partial charge in [-0.1, -0.05) is 341 Å². The Morgan fingerprint density at radius 1 is 0.230 bits per heavy atom. The minimum atomic E-state index is -0.480. The van der Waals surface area contributed by atoms with Crippen molar-refractivity contribution < 1.29 is 9.47 Å². The van der Waals surface area contributed by atoms with Crippen LogP contribution in [0.4, 0.5) is 34.1 Å². The van der Waals surface area contributed by atoms with Crippen molar-refractivity contribution >= 4 is 77.7 Å². The highest BCUT2D eigenvalue weighted by molar-refractivity contribution is 6.13. The number of hydrogen-bond acceptors (Lipinski definition) is 4. The monoisotopic (exact) mass is 1570 g/mol. The highest BCUT2D eigenvalue weighted by Crippen LogP contribution is 2.70. The van der Waals surface area contributed by atoms with Crippen LogP contribution >= 0.6 is 0 Å². The molecule has 0 saturated carbocycles. The van der Waals surface area contributed by atoms with Gasteiger partial charge in [0.05, 0.1) is 67.4 Å². The molecule has 0 amide bonds. The van der Waals surface area contributed by atoms with Gasteiger partial charge in [0.15, 0.2) is 5.75 Å². The van der Waals surface area contributed by atoms with Crippen LogP contribution in [0.2, 0.25) is 0 Å². The van der Waals surface area contributed by atoms with E-state index < -0.39 is 17.3 Å². The average molecular weight is 1570 g/mol. The number of para-hydroxylation sites is 4. The van der Waals surface area contributed by atoms with E-state index >= 15 is 0 Å². The first kappa shape index (κ1) is 72.7. The van der Waals surface area contributed by atoms with Crippen LogP contribution in [0.3, 0.4) is 0 Å². The van der Waals surface area contributed by atoms with Gasteiger partial charge in [-0.2, -0.15) is 0 Å². The molecule has 0 bridgehead atoms. The molecule has 19 aromatic rings. The first-order chi connectivity index (χ1) is 59.4. The topological polar surface area (TPSA) is 34.8 Å². The van der Waals surface area contributed by atoms with Crippen molar-refractivity contribution in [2.45, 2.75) is 90.4 Å². The predicted molar refractivity (Wildman–Crippen MR) is 508 cm³/mol. The van der Waals surface area contributed by atoms with E-state index in [0.29, 0.717) is 0 Å². The zero-order valence-electron chi connectivity index (χ0n) is 70.0. The van der Waals surface area contributed by atoms with Crippen LogP contribution in [-0.2, 0) is 16.2 Å². The Morgan fingerprint density at radius 2 is 0.648 bits per heavy atom. The lowest BCUT2D eigenvalue weighted by Crippen LogP contribution is -2.32. The smallest absolute Gasteiger partial charge is 0.155 e. The molecule has 2 atom stereocenters. The number of hydrogen-bond donors (Lipinski definition) is 0. The maximum Gasteiger partial charge on any atom is 0.155 e. The third-order valence-corrected chi connectivity index (χ3v) is 26.3. The molecular weight excluding hydrogens is 1480 g/mol. The molecule has 0 aliphatic carbocycles. The Balaban J connectivity index is 0.898. The van der Waals surface area contributed by atoms with E-state index in [1.54, 1.807) is 0 Å². The summed E-state index contributed by atoms with van der Waals surface area (Å²) < 4.78 is 21.7. The zero-order chi connectivity index (χ0) is 82.2. The fraction of sp³-hybridized carbons (Fsp3) is 0.121. The van der Waals surface area contributed by atoms with Gasteiger partial charge < -0.3 is 28.4 Å². The summed E-state index contributed by atoms with van der Waals surface area (Å²) in [6.07, 6.45) is 0. The summed E-state index contributed by atoms with van der Waals surface area (Å²) in [5.41, 5.74) is 35.7. The fourth-order valence-electron chi connectivity index (χ4n) is 20.3. The number of benzene rings is 17. The molecule has 0 spiro atoms. The van der Waals surface area contributed by atoms with E-state index in [9.17, 15) is 0 Å². The molecule has 0 radical (unpaired) electrons. The number of rotatable bonds is 10. The Bertz CT molecular complexity index is 7250. The summed E-state index contributed by atoms with van der Waals surface area (Å²) in [5.74, 6) is 2.19. The third-order valence-electron chi connectivity index (χ3n) is 26.3. The standard InChI is InChI=1S/C116H90N4O2/c1-114(2,3)79-55-59-96-90(65-79)91-66-80(115(4,5)6)56-60-97(91)117(96)82-57-58-89-98(69-82)119(110-83(73-38-20-12-21-39-73)48-32-49-84(110)74-40-22-13-23-41-74)99-67-81(116(7,8)9)68-100-107(99)106(89)108-101(120(100)111-85(75-42-24-14-25-43-75)50-33-51-86(111)76-44-26-15-27-45-76)70-104-109-105(92-62-77(71-34-16-10-17-35-71)54-61-103(92)121-113(108)109)93-63-78(72-36-18-11-19-37-72)64-102(112(93)122-104)118-94-52-30-28-46-87(94)88-47-29-31-53-95(88)118/h10-70,105-106H,1-9H3. The highest BCUT2D eigenvalue weighted by Gasteiger charge is 2.50. The SMILES string of the molecule is CC(C)(C)c1cc2c3c(c1)N(c1c(-c4ccccc4)cccc1-c1ccccc1)c1cc4c5c(c1C3c1ccc(-n3c6ccc(C(C)(C)C)cc6c6cc(C(C)(C)C)ccc63)cc1N2c1c(-c2ccccc2)cccc1-c1ccccc1)Oc1ccc(-c2ccccc2)cc1C5c1cc(-c2ccccc2)cc(-n2c3ccccc3c3ccccc32)c1O4. The molecule has 0 fully saturated rings. The third kappa shape index (κ3) is 11.4. The number of nitrogens with zero attached hydrogens (tertiary/aromatic N) is 4. The molecule has 6 heteroatoms. The van der Waals surface area contributed by atoms with Gasteiger partial charge in [0.2, 0.25) is 0 Å². The minimum Gasteiger partial charge on any atom is -0.456 e. The molecule has 2 unspecified atom stereocenters. The van der Waals surface area contributed by atoms with Crippen molar-refractivity contribution in [2.24, 2.45) is 0 Å². The second kappa shape index (κ2) is 27.6. The second-order valence-corrected chi connectivity index (χ2v) is 36.6. The van der Waals surface area contributed by atoms with E-state index in [0.717, 1.165) is 191 Å². The molecule has 0 saturated heterocycles. The quantitative estimate of drug-likeness (QED) is 0.137. The predicted octanol–water partition coefficient (Wildman–Crippen LogP) is 31.9. The zero-order valence-corrected chi connectivity index (χ0v) is 70.0. The maximum atomic E-state index is 8.36.